The molecule has 5 nitrogen and oxygen atoms in total. The summed E-state index contributed by atoms with van der Waals surface area (Å²) in [4.78, 5) is 11.3. The fourth-order valence-corrected chi connectivity index (χ4v) is 5.64. The van der Waals surface area contributed by atoms with Crippen molar-refractivity contribution in [3.8, 4) is 11.5 Å². The van der Waals surface area contributed by atoms with Crippen LogP contribution in [0.1, 0.15) is 42.9 Å². The molecule has 1 unspecified atom stereocenters. The maximum absolute atomic E-state index is 11.3. The second-order valence-electron chi connectivity index (χ2n) is 9.04. The Balaban J connectivity index is 1.20. The predicted octanol–water partition coefficient (Wildman–Crippen LogP) is 4.38. The molecule has 2 aromatic rings. The molecule has 2 N–H and O–H groups in total. The summed E-state index contributed by atoms with van der Waals surface area (Å²) in [7, 11) is 0. The van der Waals surface area contributed by atoms with E-state index in [1.807, 2.05) is 24.3 Å². The molecule has 0 saturated heterocycles. The normalized spacial score (nSPS) is 28.5. The van der Waals surface area contributed by atoms with Crippen molar-refractivity contribution in [3.63, 3.8) is 0 Å². The Morgan fingerprint density at radius 2 is 2.10 bits per heavy atom. The summed E-state index contributed by atoms with van der Waals surface area (Å²) in [6.07, 6.45) is 4.02. The van der Waals surface area contributed by atoms with Gasteiger partial charge in [-0.1, -0.05) is 36.7 Å². The molecule has 0 aromatic heterocycles. The maximum Gasteiger partial charge on any atom is 0.309 e. The van der Waals surface area contributed by atoms with Crippen LogP contribution in [0.25, 0.3) is 0 Å². The van der Waals surface area contributed by atoms with Gasteiger partial charge in [0.1, 0.15) is 24.7 Å². The second kappa shape index (κ2) is 7.17. The van der Waals surface area contributed by atoms with E-state index in [0.717, 1.165) is 59.8 Å². The van der Waals surface area contributed by atoms with Crippen LogP contribution < -0.4 is 14.8 Å². The lowest BCUT2D eigenvalue weighted by Crippen LogP contribution is -2.78. The van der Waals surface area contributed by atoms with Gasteiger partial charge in [-0.15, -0.1) is 0 Å². The number of carboxylic acid groups (broad SMARTS) is 1. The first kappa shape index (κ1) is 19.7. The van der Waals surface area contributed by atoms with E-state index in [9.17, 15) is 9.90 Å². The van der Waals surface area contributed by atoms with Crippen LogP contribution in [0.15, 0.2) is 36.4 Å². The second-order valence-corrected chi connectivity index (χ2v) is 9.45. The van der Waals surface area contributed by atoms with Gasteiger partial charge < -0.3 is 19.9 Å². The van der Waals surface area contributed by atoms with Crippen LogP contribution in [0.2, 0.25) is 5.02 Å². The number of hydrogen-bond donors (Lipinski definition) is 2. The van der Waals surface area contributed by atoms with Crippen molar-refractivity contribution >= 4 is 17.6 Å². The average molecular weight is 428 g/mol. The number of benzene rings is 2. The molecule has 0 radical (unpaired) electrons. The number of carboxylic acids is 1. The van der Waals surface area contributed by atoms with E-state index in [0.29, 0.717) is 13.2 Å². The minimum absolute atomic E-state index is 0.0128. The van der Waals surface area contributed by atoms with E-state index in [1.54, 1.807) is 0 Å². The average Bonchev–Trinajstić information content (AvgIpc) is 2.68. The van der Waals surface area contributed by atoms with Crippen LogP contribution in [0.4, 0.5) is 0 Å². The molecule has 3 aliphatic carbocycles. The molecule has 1 atom stereocenters. The third-order valence-electron chi connectivity index (χ3n) is 6.92. The molecule has 2 bridgehead atoms. The topological polar surface area (TPSA) is 67.8 Å². The van der Waals surface area contributed by atoms with E-state index < -0.39 is 11.4 Å². The zero-order chi connectivity index (χ0) is 20.9. The maximum atomic E-state index is 11.3. The van der Waals surface area contributed by atoms with Crippen molar-refractivity contribution < 1.29 is 19.4 Å². The lowest BCUT2D eigenvalue weighted by Gasteiger charge is -2.69. The van der Waals surface area contributed by atoms with Gasteiger partial charge in [0.05, 0.1) is 5.41 Å². The van der Waals surface area contributed by atoms with E-state index in [4.69, 9.17) is 21.1 Å². The Bertz CT molecular complexity index is 985. The lowest BCUT2D eigenvalue weighted by molar-refractivity contribution is -0.201. The zero-order valence-corrected chi connectivity index (χ0v) is 17.8. The molecule has 158 valence electrons. The number of fused-ring (bicyclic) bond motifs is 1. The predicted molar refractivity (Wildman–Crippen MR) is 114 cm³/mol. The Kier molecular flexibility index (Phi) is 4.71. The Morgan fingerprint density at radius 1 is 1.30 bits per heavy atom. The third-order valence-corrected chi connectivity index (χ3v) is 7.27. The summed E-state index contributed by atoms with van der Waals surface area (Å²) in [5.41, 5.74) is 2.94. The molecule has 0 amide bonds. The first-order chi connectivity index (χ1) is 14.4. The molecule has 6 rings (SSSR count). The van der Waals surface area contributed by atoms with Gasteiger partial charge in [-0.25, -0.2) is 0 Å². The smallest absolute Gasteiger partial charge is 0.309 e. The number of halogens is 1. The van der Waals surface area contributed by atoms with Crippen LogP contribution in [0.3, 0.4) is 0 Å². The van der Waals surface area contributed by atoms with Gasteiger partial charge in [-0.05, 0) is 55.4 Å². The molecular formula is C24H26ClNO4. The number of ether oxygens (including phenoxy) is 2. The van der Waals surface area contributed by atoms with Crippen molar-refractivity contribution in [2.24, 2.45) is 5.41 Å². The van der Waals surface area contributed by atoms with Crippen molar-refractivity contribution in [2.45, 2.75) is 57.2 Å². The van der Waals surface area contributed by atoms with Gasteiger partial charge in [0, 0.05) is 28.2 Å². The van der Waals surface area contributed by atoms with Gasteiger partial charge in [0.2, 0.25) is 0 Å². The minimum atomic E-state index is -0.646. The number of aryl methyl sites for hydroxylation is 1. The van der Waals surface area contributed by atoms with E-state index in [-0.39, 0.29) is 11.6 Å². The molecule has 0 spiro atoms. The minimum Gasteiger partial charge on any atom is -0.492 e. The van der Waals surface area contributed by atoms with E-state index >= 15 is 0 Å². The number of carbonyl (C=O) groups is 1. The van der Waals surface area contributed by atoms with Crippen molar-refractivity contribution in [3.05, 3.63) is 58.1 Å². The molecule has 3 saturated carbocycles. The standard InChI is InChI=1S/C24H26ClNO4/c1-2-15-4-3-5-20(25)19(15)11-29-18-7-6-16-8-17(10-30-21(16)9-18)26-24-12-23(13-24,14-24)22(27)28/h3-7,9,17,26H,2,8,10-14H2,1H3,(H,27,28). The summed E-state index contributed by atoms with van der Waals surface area (Å²) >= 11 is 6.36. The van der Waals surface area contributed by atoms with Crippen molar-refractivity contribution in [1.82, 2.24) is 5.32 Å². The van der Waals surface area contributed by atoms with Gasteiger partial charge in [-0.2, -0.15) is 0 Å². The highest BCUT2D eigenvalue weighted by atomic mass is 35.5. The summed E-state index contributed by atoms with van der Waals surface area (Å²) in [6, 6.07) is 12.2. The fraction of sp³-hybridized carbons (Fsp3) is 0.458. The molecule has 1 aliphatic heterocycles. The largest absolute Gasteiger partial charge is 0.492 e. The molecule has 6 heteroatoms. The summed E-state index contributed by atoms with van der Waals surface area (Å²) < 4.78 is 12.0. The lowest BCUT2D eigenvalue weighted by atomic mass is 9.39. The number of rotatable bonds is 7. The summed E-state index contributed by atoms with van der Waals surface area (Å²) in [5.74, 6) is 0.983. The van der Waals surface area contributed by atoms with Gasteiger partial charge in [-0.3, -0.25) is 4.79 Å². The van der Waals surface area contributed by atoms with Gasteiger partial charge in [0.15, 0.2) is 0 Å². The summed E-state index contributed by atoms with van der Waals surface area (Å²) in [6.45, 7) is 3.13. The molecule has 2 aromatic carbocycles. The van der Waals surface area contributed by atoms with Crippen molar-refractivity contribution in [1.29, 1.82) is 0 Å². The van der Waals surface area contributed by atoms with Crippen molar-refractivity contribution in [2.75, 3.05) is 6.61 Å². The zero-order valence-electron chi connectivity index (χ0n) is 17.0. The Morgan fingerprint density at radius 3 is 2.83 bits per heavy atom. The number of hydrogen-bond acceptors (Lipinski definition) is 4. The Labute approximate surface area is 181 Å². The van der Waals surface area contributed by atoms with Crippen LogP contribution in [0.5, 0.6) is 11.5 Å². The van der Waals surface area contributed by atoms with E-state index in [1.165, 1.54) is 5.56 Å². The van der Waals surface area contributed by atoms with Crippen LogP contribution in [-0.2, 0) is 24.2 Å². The molecule has 30 heavy (non-hydrogen) atoms. The van der Waals surface area contributed by atoms with E-state index in [2.05, 4.69) is 24.4 Å². The highest BCUT2D eigenvalue weighted by Crippen LogP contribution is 2.67. The number of nitrogens with one attached hydrogen (secondary N) is 1. The quantitative estimate of drug-likeness (QED) is 0.686. The van der Waals surface area contributed by atoms with Crippen LogP contribution in [0, 0.1) is 5.41 Å². The molecule has 1 heterocycles. The first-order valence-corrected chi connectivity index (χ1v) is 11.0. The Hall–Kier alpha value is -2.24. The molecule has 3 fully saturated rings. The van der Waals surface area contributed by atoms with Gasteiger partial charge >= 0.3 is 5.97 Å². The first-order valence-electron chi connectivity index (χ1n) is 10.6. The molecule has 4 aliphatic rings. The summed E-state index contributed by atoms with van der Waals surface area (Å²) in [5, 5.41) is 13.7. The number of aliphatic carboxylic acids is 1. The van der Waals surface area contributed by atoms with Crippen LogP contribution in [-0.4, -0.2) is 29.3 Å². The molecular weight excluding hydrogens is 402 g/mol. The highest BCUT2D eigenvalue weighted by Gasteiger charge is 2.72. The SMILES string of the molecule is CCc1cccc(Cl)c1COc1ccc2c(c1)OCC(NC13CC(C(=O)O)(C1)C3)C2. The fourth-order valence-electron chi connectivity index (χ4n) is 5.39. The van der Waals surface area contributed by atoms with Gasteiger partial charge in [0.25, 0.3) is 0 Å². The highest BCUT2D eigenvalue weighted by molar-refractivity contribution is 6.31. The van der Waals surface area contributed by atoms with Crippen LogP contribution >= 0.6 is 11.6 Å². The third kappa shape index (κ3) is 3.25. The monoisotopic (exact) mass is 427 g/mol.